The fraction of sp³-hybridized carbons (Fsp3) is 0.286. The first-order chi connectivity index (χ1) is 7.36. The first-order valence-corrected chi connectivity index (χ1v) is 5.54. The molecule has 1 heteroatoms. The standard InChI is InChI=1S/C14H15N/c15-10-14(8-9-14)13-7-3-5-11-4-1-2-6-12(11)13/h1-7H,8-10,15H2. The zero-order chi connectivity index (χ0) is 10.3. The van der Waals surface area contributed by atoms with Crippen molar-refractivity contribution in [3.63, 3.8) is 0 Å². The lowest BCUT2D eigenvalue weighted by Gasteiger charge is -2.15. The van der Waals surface area contributed by atoms with Crippen molar-refractivity contribution in [3.05, 3.63) is 48.0 Å². The average molecular weight is 197 g/mol. The summed E-state index contributed by atoms with van der Waals surface area (Å²) in [6.45, 7) is 0.779. The molecule has 2 N–H and O–H groups in total. The van der Waals surface area contributed by atoms with Crippen molar-refractivity contribution in [2.75, 3.05) is 6.54 Å². The fourth-order valence-corrected chi connectivity index (χ4v) is 2.42. The van der Waals surface area contributed by atoms with E-state index in [0.29, 0.717) is 5.41 Å². The molecular weight excluding hydrogens is 182 g/mol. The Hall–Kier alpha value is -1.34. The maximum atomic E-state index is 5.89. The molecule has 0 amide bonds. The largest absolute Gasteiger partial charge is 0.330 e. The highest BCUT2D eigenvalue weighted by Crippen LogP contribution is 2.49. The van der Waals surface area contributed by atoms with Gasteiger partial charge >= 0.3 is 0 Å². The van der Waals surface area contributed by atoms with Gasteiger partial charge in [-0.25, -0.2) is 0 Å². The Labute approximate surface area is 89.9 Å². The van der Waals surface area contributed by atoms with Crippen LogP contribution in [-0.4, -0.2) is 6.54 Å². The van der Waals surface area contributed by atoms with Crippen LogP contribution in [0.2, 0.25) is 0 Å². The maximum absolute atomic E-state index is 5.89. The molecule has 0 heterocycles. The van der Waals surface area contributed by atoms with Gasteiger partial charge in [0.05, 0.1) is 0 Å². The van der Waals surface area contributed by atoms with Gasteiger partial charge in [0.15, 0.2) is 0 Å². The van der Waals surface area contributed by atoms with Crippen molar-refractivity contribution in [2.45, 2.75) is 18.3 Å². The van der Waals surface area contributed by atoms with Crippen LogP contribution in [0.3, 0.4) is 0 Å². The van der Waals surface area contributed by atoms with Gasteiger partial charge in [-0.3, -0.25) is 0 Å². The van der Waals surface area contributed by atoms with Crippen LogP contribution in [0.1, 0.15) is 18.4 Å². The summed E-state index contributed by atoms with van der Waals surface area (Å²) in [5, 5.41) is 2.71. The van der Waals surface area contributed by atoms with Gasteiger partial charge in [0.25, 0.3) is 0 Å². The predicted octanol–water partition coefficient (Wildman–Crippen LogP) is 2.83. The normalized spacial score (nSPS) is 17.9. The van der Waals surface area contributed by atoms with Crippen molar-refractivity contribution < 1.29 is 0 Å². The van der Waals surface area contributed by atoms with E-state index in [4.69, 9.17) is 5.73 Å². The summed E-state index contributed by atoms with van der Waals surface area (Å²) >= 11 is 0. The van der Waals surface area contributed by atoms with E-state index >= 15 is 0 Å². The van der Waals surface area contributed by atoms with Crippen LogP contribution >= 0.6 is 0 Å². The quantitative estimate of drug-likeness (QED) is 0.787. The van der Waals surface area contributed by atoms with Gasteiger partial charge in [-0.05, 0) is 29.2 Å². The van der Waals surface area contributed by atoms with Crippen LogP contribution in [-0.2, 0) is 5.41 Å². The van der Waals surface area contributed by atoms with Crippen LogP contribution in [0.15, 0.2) is 42.5 Å². The van der Waals surface area contributed by atoms with E-state index in [-0.39, 0.29) is 0 Å². The van der Waals surface area contributed by atoms with Crippen molar-refractivity contribution >= 4 is 10.8 Å². The second-order valence-corrected chi connectivity index (χ2v) is 4.51. The molecule has 1 nitrogen and oxygen atoms in total. The second kappa shape index (κ2) is 3.07. The minimum atomic E-state index is 0.293. The number of benzene rings is 2. The minimum Gasteiger partial charge on any atom is -0.330 e. The maximum Gasteiger partial charge on any atom is 0.00823 e. The average Bonchev–Trinajstić information content (AvgIpc) is 3.09. The number of rotatable bonds is 2. The smallest absolute Gasteiger partial charge is 0.00823 e. The SMILES string of the molecule is NCC1(c2cccc3ccccc23)CC1. The van der Waals surface area contributed by atoms with E-state index in [1.165, 1.54) is 29.2 Å². The molecule has 0 aromatic heterocycles. The molecule has 1 fully saturated rings. The Morgan fingerprint density at radius 3 is 2.47 bits per heavy atom. The van der Waals surface area contributed by atoms with Gasteiger partial charge in [-0.15, -0.1) is 0 Å². The van der Waals surface area contributed by atoms with Crippen LogP contribution in [0.4, 0.5) is 0 Å². The molecule has 0 unspecified atom stereocenters. The zero-order valence-electron chi connectivity index (χ0n) is 8.74. The molecule has 15 heavy (non-hydrogen) atoms. The van der Waals surface area contributed by atoms with Gasteiger partial charge in [0.2, 0.25) is 0 Å². The van der Waals surface area contributed by atoms with E-state index in [9.17, 15) is 0 Å². The molecule has 0 atom stereocenters. The van der Waals surface area contributed by atoms with Crippen LogP contribution in [0, 0.1) is 0 Å². The molecule has 1 aliphatic carbocycles. The van der Waals surface area contributed by atoms with E-state index < -0.39 is 0 Å². The molecule has 76 valence electrons. The van der Waals surface area contributed by atoms with Gasteiger partial charge < -0.3 is 5.73 Å². The predicted molar refractivity (Wildman–Crippen MR) is 63.9 cm³/mol. The number of hydrogen-bond acceptors (Lipinski definition) is 1. The molecule has 0 radical (unpaired) electrons. The number of fused-ring (bicyclic) bond motifs is 1. The van der Waals surface area contributed by atoms with Crippen molar-refractivity contribution in [1.82, 2.24) is 0 Å². The molecule has 0 spiro atoms. The molecule has 1 saturated carbocycles. The highest BCUT2D eigenvalue weighted by molar-refractivity contribution is 5.87. The summed E-state index contributed by atoms with van der Waals surface area (Å²) in [6.07, 6.45) is 2.50. The monoisotopic (exact) mass is 197 g/mol. The Morgan fingerprint density at radius 2 is 1.73 bits per heavy atom. The molecule has 3 rings (SSSR count). The molecule has 2 aromatic rings. The lowest BCUT2D eigenvalue weighted by molar-refractivity contribution is 0.711. The van der Waals surface area contributed by atoms with Crippen LogP contribution in [0.25, 0.3) is 10.8 Å². The van der Waals surface area contributed by atoms with Crippen LogP contribution in [0.5, 0.6) is 0 Å². The van der Waals surface area contributed by atoms with Crippen molar-refractivity contribution in [1.29, 1.82) is 0 Å². The molecule has 2 aromatic carbocycles. The Kier molecular flexibility index (Phi) is 1.83. The van der Waals surface area contributed by atoms with Gasteiger partial charge in [-0.2, -0.15) is 0 Å². The molecular formula is C14H15N. The molecule has 0 saturated heterocycles. The van der Waals surface area contributed by atoms with E-state index in [2.05, 4.69) is 42.5 Å². The first-order valence-electron chi connectivity index (χ1n) is 5.54. The minimum absolute atomic E-state index is 0.293. The summed E-state index contributed by atoms with van der Waals surface area (Å²) in [7, 11) is 0. The third kappa shape index (κ3) is 1.27. The topological polar surface area (TPSA) is 26.0 Å². The van der Waals surface area contributed by atoms with E-state index in [0.717, 1.165) is 6.54 Å². The highest BCUT2D eigenvalue weighted by atomic mass is 14.7. The summed E-state index contributed by atoms with van der Waals surface area (Å²) in [4.78, 5) is 0. The Balaban J connectivity index is 2.27. The third-order valence-electron chi connectivity index (χ3n) is 3.61. The first kappa shape index (κ1) is 8.93. The molecule has 0 aliphatic heterocycles. The van der Waals surface area contributed by atoms with Crippen molar-refractivity contribution in [2.24, 2.45) is 5.73 Å². The summed E-state index contributed by atoms with van der Waals surface area (Å²) in [5.74, 6) is 0. The highest BCUT2D eigenvalue weighted by Gasteiger charge is 2.43. The van der Waals surface area contributed by atoms with E-state index in [1.54, 1.807) is 0 Å². The lowest BCUT2D eigenvalue weighted by Crippen LogP contribution is -2.19. The summed E-state index contributed by atoms with van der Waals surface area (Å²) in [5.41, 5.74) is 7.63. The Bertz CT molecular complexity index is 492. The van der Waals surface area contributed by atoms with Gasteiger partial charge in [0.1, 0.15) is 0 Å². The van der Waals surface area contributed by atoms with Gasteiger partial charge in [-0.1, -0.05) is 42.5 Å². The Morgan fingerprint density at radius 1 is 1.00 bits per heavy atom. The zero-order valence-corrected chi connectivity index (χ0v) is 8.74. The third-order valence-corrected chi connectivity index (χ3v) is 3.61. The molecule has 1 aliphatic rings. The van der Waals surface area contributed by atoms with Gasteiger partial charge in [0, 0.05) is 12.0 Å². The van der Waals surface area contributed by atoms with Crippen molar-refractivity contribution in [3.8, 4) is 0 Å². The molecule has 0 bridgehead atoms. The van der Waals surface area contributed by atoms with E-state index in [1.807, 2.05) is 0 Å². The second-order valence-electron chi connectivity index (χ2n) is 4.51. The summed E-state index contributed by atoms with van der Waals surface area (Å²) < 4.78 is 0. The fourth-order valence-electron chi connectivity index (χ4n) is 2.42. The summed E-state index contributed by atoms with van der Waals surface area (Å²) in [6, 6.07) is 15.1. The lowest BCUT2D eigenvalue weighted by atomic mass is 9.91. The van der Waals surface area contributed by atoms with Crippen LogP contribution < -0.4 is 5.73 Å². The number of nitrogens with two attached hydrogens (primary N) is 1. The number of hydrogen-bond donors (Lipinski definition) is 1.